The summed E-state index contributed by atoms with van der Waals surface area (Å²) in [5.74, 6) is 0.319. The molecule has 106 valence electrons. The first kappa shape index (κ1) is 15.8. The van der Waals surface area contributed by atoms with Gasteiger partial charge in [0.15, 0.2) is 0 Å². The summed E-state index contributed by atoms with van der Waals surface area (Å²) in [6.45, 7) is 11.3. The summed E-state index contributed by atoms with van der Waals surface area (Å²) in [7, 11) is 0. The maximum atomic E-state index is 12.2. The summed E-state index contributed by atoms with van der Waals surface area (Å²) in [5.41, 5.74) is 5.79. The van der Waals surface area contributed by atoms with E-state index in [2.05, 4.69) is 27.7 Å². The van der Waals surface area contributed by atoms with Crippen LogP contribution in [0.25, 0.3) is 0 Å². The Labute approximate surface area is 116 Å². The van der Waals surface area contributed by atoms with Crippen LogP contribution < -0.4 is 5.73 Å². The van der Waals surface area contributed by atoms with Gasteiger partial charge in [-0.15, -0.1) is 0 Å². The number of thioether (sulfide) groups is 1. The highest BCUT2D eigenvalue weighted by atomic mass is 32.2. The van der Waals surface area contributed by atoms with Crippen LogP contribution in [0, 0.1) is 5.41 Å². The van der Waals surface area contributed by atoms with Gasteiger partial charge in [0.1, 0.15) is 0 Å². The normalized spacial score (nSPS) is 25.3. The van der Waals surface area contributed by atoms with E-state index in [0.717, 1.165) is 25.9 Å². The van der Waals surface area contributed by atoms with E-state index in [1.54, 1.807) is 0 Å². The SMILES string of the molecule is CC1CN(C(=O)CCC(C)(C)CCN)CC(C)S1. The monoisotopic (exact) mass is 272 g/mol. The third-order valence-electron chi connectivity index (χ3n) is 3.61. The number of rotatable bonds is 5. The van der Waals surface area contributed by atoms with Crippen molar-refractivity contribution in [2.45, 2.75) is 57.5 Å². The van der Waals surface area contributed by atoms with Gasteiger partial charge in [-0.1, -0.05) is 27.7 Å². The van der Waals surface area contributed by atoms with Gasteiger partial charge in [-0.2, -0.15) is 11.8 Å². The molecule has 0 radical (unpaired) electrons. The lowest BCUT2D eigenvalue weighted by Crippen LogP contribution is -2.44. The Balaban J connectivity index is 2.40. The van der Waals surface area contributed by atoms with Crippen LogP contribution >= 0.6 is 11.8 Å². The molecule has 0 saturated carbocycles. The minimum atomic E-state index is 0.187. The van der Waals surface area contributed by atoms with Crippen molar-refractivity contribution in [1.82, 2.24) is 4.90 Å². The van der Waals surface area contributed by atoms with E-state index in [0.29, 0.717) is 29.4 Å². The molecule has 0 aromatic carbocycles. The zero-order valence-corrected chi connectivity index (χ0v) is 13.1. The van der Waals surface area contributed by atoms with Gasteiger partial charge in [0.2, 0.25) is 5.91 Å². The number of nitrogens with two attached hydrogens (primary N) is 1. The lowest BCUT2D eigenvalue weighted by molar-refractivity contribution is -0.132. The van der Waals surface area contributed by atoms with Crippen molar-refractivity contribution in [3.05, 3.63) is 0 Å². The van der Waals surface area contributed by atoms with Crippen molar-refractivity contribution in [1.29, 1.82) is 0 Å². The molecule has 1 rings (SSSR count). The van der Waals surface area contributed by atoms with Crippen molar-refractivity contribution < 1.29 is 4.79 Å². The van der Waals surface area contributed by atoms with Crippen LogP contribution in [0.3, 0.4) is 0 Å². The van der Waals surface area contributed by atoms with Gasteiger partial charge in [0, 0.05) is 30.0 Å². The zero-order valence-electron chi connectivity index (χ0n) is 12.2. The third-order valence-corrected chi connectivity index (χ3v) is 4.84. The molecule has 1 heterocycles. The van der Waals surface area contributed by atoms with E-state index in [4.69, 9.17) is 5.73 Å². The van der Waals surface area contributed by atoms with Gasteiger partial charge >= 0.3 is 0 Å². The van der Waals surface area contributed by atoms with E-state index in [1.807, 2.05) is 16.7 Å². The molecule has 1 aliphatic heterocycles. The zero-order chi connectivity index (χ0) is 13.8. The van der Waals surface area contributed by atoms with Crippen LogP contribution in [0.1, 0.15) is 47.0 Å². The Bertz CT molecular complexity index is 271. The summed E-state index contributed by atoms with van der Waals surface area (Å²) in [6.07, 6.45) is 2.59. The Morgan fingerprint density at radius 1 is 1.28 bits per heavy atom. The third kappa shape index (κ3) is 5.19. The number of hydrogen-bond acceptors (Lipinski definition) is 3. The summed E-state index contributed by atoms with van der Waals surface area (Å²) in [6, 6.07) is 0. The molecule has 2 atom stereocenters. The molecule has 1 fully saturated rings. The molecular weight excluding hydrogens is 244 g/mol. The molecule has 0 aromatic rings. The van der Waals surface area contributed by atoms with Gasteiger partial charge in [0.25, 0.3) is 0 Å². The summed E-state index contributed by atoms with van der Waals surface area (Å²) < 4.78 is 0. The first-order chi connectivity index (χ1) is 8.34. The average Bonchev–Trinajstić information content (AvgIpc) is 2.24. The predicted molar refractivity (Wildman–Crippen MR) is 79.8 cm³/mol. The maximum Gasteiger partial charge on any atom is 0.222 e. The lowest BCUT2D eigenvalue weighted by Gasteiger charge is -2.35. The molecule has 2 unspecified atom stereocenters. The molecule has 1 saturated heterocycles. The molecule has 3 nitrogen and oxygen atoms in total. The molecule has 2 N–H and O–H groups in total. The highest BCUT2D eigenvalue weighted by molar-refractivity contribution is 8.00. The molecule has 0 aliphatic carbocycles. The second-order valence-electron chi connectivity index (χ2n) is 6.26. The highest BCUT2D eigenvalue weighted by Crippen LogP contribution is 2.28. The van der Waals surface area contributed by atoms with Gasteiger partial charge in [-0.25, -0.2) is 0 Å². The maximum absolute atomic E-state index is 12.2. The first-order valence-electron chi connectivity index (χ1n) is 6.97. The second-order valence-corrected chi connectivity index (χ2v) is 8.14. The van der Waals surface area contributed by atoms with E-state index < -0.39 is 0 Å². The topological polar surface area (TPSA) is 46.3 Å². The molecule has 4 heteroatoms. The Hall–Kier alpha value is -0.220. The number of hydrogen-bond donors (Lipinski definition) is 1. The molecule has 0 spiro atoms. The van der Waals surface area contributed by atoms with Crippen molar-refractivity contribution in [3.8, 4) is 0 Å². The minimum absolute atomic E-state index is 0.187. The predicted octanol–water partition coefficient (Wildman–Crippen LogP) is 2.49. The largest absolute Gasteiger partial charge is 0.341 e. The van der Waals surface area contributed by atoms with Crippen LogP contribution in [0.2, 0.25) is 0 Å². The molecule has 1 aliphatic rings. The van der Waals surface area contributed by atoms with E-state index in [9.17, 15) is 4.79 Å². The number of carbonyl (C=O) groups excluding carboxylic acids is 1. The van der Waals surface area contributed by atoms with Gasteiger partial charge < -0.3 is 10.6 Å². The van der Waals surface area contributed by atoms with Gasteiger partial charge in [-0.05, 0) is 24.8 Å². The number of nitrogens with zero attached hydrogens (tertiary/aromatic N) is 1. The molecular formula is C14H28N2OS. The van der Waals surface area contributed by atoms with Crippen molar-refractivity contribution in [2.75, 3.05) is 19.6 Å². The van der Waals surface area contributed by atoms with Gasteiger partial charge in [0.05, 0.1) is 0 Å². The second kappa shape index (κ2) is 6.80. The smallest absolute Gasteiger partial charge is 0.222 e. The Kier molecular flexibility index (Phi) is 5.99. The number of carbonyl (C=O) groups is 1. The van der Waals surface area contributed by atoms with Crippen LogP contribution in [-0.2, 0) is 4.79 Å². The molecule has 18 heavy (non-hydrogen) atoms. The Morgan fingerprint density at radius 3 is 2.33 bits per heavy atom. The fourth-order valence-corrected chi connectivity index (χ4v) is 3.83. The van der Waals surface area contributed by atoms with Gasteiger partial charge in [-0.3, -0.25) is 4.79 Å². The standard InChI is InChI=1S/C14H28N2OS/c1-11-9-16(10-12(2)18-11)13(17)5-6-14(3,4)7-8-15/h11-12H,5-10,15H2,1-4H3. The molecule has 0 aromatic heterocycles. The lowest BCUT2D eigenvalue weighted by atomic mass is 9.84. The van der Waals surface area contributed by atoms with Crippen molar-refractivity contribution in [2.24, 2.45) is 11.1 Å². The fourth-order valence-electron chi connectivity index (χ4n) is 2.50. The summed E-state index contributed by atoms with van der Waals surface area (Å²) in [5, 5.41) is 1.13. The number of amides is 1. The van der Waals surface area contributed by atoms with Crippen molar-refractivity contribution >= 4 is 17.7 Å². The molecule has 0 bridgehead atoms. The van der Waals surface area contributed by atoms with Crippen LogP contribution in [0.5, 0.6) is 0 Å². The summed E-state index contributed by atoms with van der Waals surface area (Å²) >= 11 is 1.98. The van der Waals surface area contributed by atoms with E-state index in [1.165, 1.54) is 0 Å². The summed E-state index contributed by atoms with van der Waals surface area (Å²) in [4.78, 5) is 14.3. The molecule has 1 amide bonds. The van der Waals surface area contributed by atoms with E-state index >= 15 is 0 Å². The fraction of sp³-hybridized carbons (Fsp3) is 0.929. The average molecular weight is 272 g/mol. The Morgan fingerprint density at radius 2 is 1.83 bits per heavy atom. The minimum Gasteiger partial charge on any atom is -0.341 e. The van der Waals surface area contributed by atoms with Crippen LogP contribution in [0.15, 0.2) is 0 Å². The van der Waals surface area contributed by atoms with Crippen LogP contribution in [-0.4, -0.2) is 40.9 Å². The first-order valence-corrected chi connectivity index (χ1v) is 7.91. The van der Waals surface area contributed by atoms with Crippen molar-refractivity contribution in [3.63, 3.8) is 0 Å². The quantitative estimate of drug-likeness (QED) is 0.836. The highest BCUT2D eigenvalue weighted by Gasteiger charge is 2.27. The van der Waals surface area contributed by atoms with E-state index in [-0.39, 0.29) is 5.41 Å². The van der Waals surface area contributed by atoms with Crippen LogP contribution in [0.4, 0.5) is 0 Å².